The molecule has 2 N–H and O–H groups in total. The van der Waals surface area contributed by atoms with E-state index in [1.165, 1.54) is 0 Å². The molecule has 0 saturated carbocycles. The number of carbonyl (C=O) groups is 2. The van der Waals surface area contributed by atoms with Crippen LogP contribution in [-0.4, -0.2) is 30.1 Å². The zero-order valence-corrected chi connectivity index (χ0v) is 12.6. The van der Waals surface area contributed by atoms with Gasteiger partial charge in [0.05, 0.1) is 12.5 Å². The molecule has 116 valence electrons. The number of benzene rings is 1. The fraction of sp³-hybridized carbons (Fsp3) is 0.500. The fourth-order valence-corrected chi connectivity index (χ4v) is 1.93. The minimum atomic E-state index is -0.878. The van der Waals surface area contributed by atoms with E-state index in [1.807, 2.05) is 13.8 Å². The van der Waals surface area contributed by atoms with Gasteiger partial charge in [-0.25, -0.2) is 0 Å². The van der Waals surface area contributed by atoms with Gasteiger partial charge >= 0.3 is 5.97 Å². The van der Waals surface area contributed by atoms with Gasteiger partial charge in [0, 0.05) is 12.1 Å². The number of carboxylic acid groups (broad SMARTS) is 1. The van der Waals surface area contributed by atoms with Gasteiger partial charge in [0.2, 0.25) is 0 Å². The summed E-state index contributed by atoms with van der Waals surface area (Å²) in [7, 11) is 0. The number of hydrogen-bond acceptors (Lipinski definition) is 3. The maximum Gasteiger partial charge on any atom is 0.308 e. The van der Waals surface area contributed by atoms with Gasteiger partial charge in [-0.05, 0) is 31.0 Å². The maximum absolute atomic E-state index is 12.0. The second-order valence-electron chi connectivity index (χ2n) is 4.91. The molecule has 1 aromatic rings. The molecule has 0 aliphatic carbocycles. The Kier molecular flexibility index (Phi) is 7.29. The van der Waals surface area contributed by atoms with Gasteiger partial charge in [0.25, 0.3) is 5.91 Å². The Morgan fingerprint density at radius 3 is 2.67 bits per heavy atom. The van der Waals surface area contributed by atoms with E-state index >= 15 is 0 Å². The monoisotopic (exact) mass is 293 g/mol. The second kappa shape index (κ2) is 9.00. The van der Waals surface area contributed by atoms with Crippen molar-refractivity contribution in [2.45, 2.75) is 33.1 Å². The fourth-order valence-electron chi connectivity index (χ4n) is 1.93. The van der Waals surface area contributed by atoms with Crippen LogP contribution in [0.25, 0.3) is 0 Å². The highest BCUT2D eigenvalue weighted by atomic mass is 16.5. The maximum atomic E-state index is 12.0. The van der Waals surface area contributed by atoms with Gasteiger partial charge in [-0.1, -0.05) is 26.3 Å². The molecule has 0 bridgehead atoms. The van der Waals surface area contributed by atoms with Gasteiger partial charge in [0.1, 0.15) is 5.75 Å². The number of aliphatic carboxylic acids is 1. The van der Waals surface area contributed by atoms with Crippen molar-refractivity contribution in [3.8, 4) is 5.75 Å². The summed E-state index contributed by atoms with van der Waals surface area (Å²) in [5.41, 5.74) is 0.476. The third-order valence-corrected chi connectivity index (χ3v) is 3.06. The first-order chi connectivity index (χ1) is 10.1. The molecule has 0 saturated heterocycles. The molecule has 0 aromatic heterocycles. The first kappa shape index (κ1) is 17.0. The first-order valence-electron chi connectivity index (χ1n) is 7.32. The van der Waals surface area contributed by atoms with Crippen LogP contribution < -0.4 is 10.1 Å². The number of ether oxygens (including phenoxy) is 1. The molecule has 0 heterocycles. The molecule has 21 heavy (non-hydrogen) atoms. The van der Waals surface area contributed by atoms with Crippen molar-refractivity contribution in [1.29, 1.82) is 0 Å². The van der Waals surface area contributed by atoms with E-state index in [1.54, 1.807) is 24.3 Å². The summed E-state index contributed by atoms with van der Waals surface area (Å²) in [5.74, 6) is -1.05. The first-order valence-corrected chi connectivity index (χ1v) is 7.32. The predicted octanol–water partition coefficient (Wildman–Crippen LogP) is 2.71. The van der Waals surface area contributed by atoms with Crippen LogP contribution in [0, 0.1) is 5.92 Å². The van der Waals surface area contributed by atoms with Crippen LogP contribution in [0.5, 0.6) is 5.75 Å². The normalized spacial score (nSPS) is 11.7. The average Bonchev–Trinajstić information content (AvgIpc) is 2.49. The zero-order chi connectivity index (χ0) is 15.7. The van der Waals surface area contributed by atoms with E-state index in [4.69, 9.17) is 9.84 Å². The Hall–Kier alpha value is -2.04. The number of nitrogens with one attached hydrogen (secondary N) is 1. The van der Waals surface area contributed by atoms with Crippen molar-refractivity contribution < 1.29 is 19.4 Å². The zero-order valence-electron chi connectivity index (χ0n) is 12.6. The van der Waals surface area contributed by atoms with Crippen LogP contribution in [-0.2, 0) is 4.79 Å². The van der Waals surface area contributed by atoms with Crippen LogP contribution in [0.1, 0.15) is 43.5 Å². The van der Waals surface area contributed by atoms with Crippen LogP contribution >= 0.6 is 0 Å². The van der Waals surface area contributed by atoms with E-state index in [-0.39, 0.29) is 12.5 Å². The molecule has 0 aliphatic heterocycles. The third kappa shape index (κ3) is 5.85. The summed E-state index contributed by atoms with van der Waals surface area (Å²) in [6.07, 6.45) is 2.22. The summed E-state index contributed by atoms with van der Waals surface area (Å²) in [6, 6.07) is 6.90. The Morgan fingerprint density at radius 2 is 2.05 bits per heavy atom. The van der Waals surface area contributed by atoms with Crippen molar-refractivity contribution in [2.24, 2.45) is 5.92 Å². The molecular formula is C16H23NO4. The molecule has 1 atom stereocenters. The van der Waals surface area contributed by atoms with E-state index in [9.17, 15) is 9.59 Å². The molecule has 5 heteroatoms. The Labute approximate surface area is 125 Å². The second-order valence-corrected chi connectivity index (χ2v) is 4.91. The lowest BCUT2D eigenvalue weighted by atomic mass is 10.0. The Bertz CT molecular complexity index is 473. The molecule has 5 nitrogen and oxygen atoms in total. The van der Waals surface area contributed by atoms with Crippen molar-refractivity contribution >= 4 is 11.9 Å². The standard InChI is InChI=1S/C16H23NO4/c1-3-6-13(16(19)20)11-17-15(18)12-7-5-8-14(10-12)21-9-4-2/h5,7-8,10,13H,3-4,6,9,11H2,1-2H3,(H,17,18)(H,19,20). The van der Waals surface area contributed by atoms with Gasteiger partial charge in [0.15, 0.2) is 0 Å². The molecular weight excluding hydrogens is 270 g/mol. The molecule has 1 unspecified atom stereocenters. The lowest BCUT2D eigenvalue weighted by Crippen LogP contribution is -2.32. The topological polar surface area (TPSA) is 75.6 Å². The van der Waals surface area contributed by atoms with Crippen LogP contribution in [0.2, 0.25) is 0 Å². The Morgan fingerprint density at radius 1 is 1.29 bits per heavy atom. The average molecular weight is 293 g/mol. The highest BCUT2D eigenvalue weighted by Gasteiger charge is 2.17. The van der Waals surface area contributed by atoms with Crippen molar-refractivity contribution in [3.63, 3.8) is 0 Å². The van der Waals surface area contributed by atoms with Gasteiger partial charge in [-0.3, -0.25) is 9.59 Å². The highest BCUT2D eigenvalue weighted by Crippen LogP contribution is 2.14. The SMILES string of the molecule is CCCOc1cccc(C(=O)NCC(CCC)C(=O)O)c1. The number of rotatable bonds is 9. The van der Waals surface area contributed by atoms with Crippen molar-refractivity contribution in [1.82, 2.24) is 5.32 Å². The number of amides is 1. The largest absolute Gasteiger partial charge is 0.494 e. The van der Waals surface area contributed by atoms with Crippen LogP contribution in [0.4, 0.5) is 0 Å². The van der Waals surface area contributed by atoms with E-state index in [0.717, 1.165) is 12.8 Å². The number of hydrogen-bond donors (Lipinski definition) is 2. The summed E-state index contributed by atoms with van der Waals surface area (Å²) >= 11 is 0. The van der Waals surface area contributed by atoms with Gasteiger partial charge in [-0.2, -0.15) is 0 Å². The molecule has 0 radical (unpaired) electrons. The van der Waals surface area contributed by atoms with Crippen LogP contribution in [0.15, 0.2) is 24.3 Å². The van der Waals surface area contributed by atoms with E-state index in [2.05, 4.69) is 5.32 Å². The molecule has 0 aliphatic rings. The highest BCUT2D eigenvalue weighted by molar-refractivity contribution is 5.94. The van der Waals surface area contributed by atoms with Gasteiger partial charge < -0.3 is 15.2 Å². The summed E-state index contributed by atoms with van der Waals surface area (Å²) in [6.45, 7) is 4.67. The van der Waals surface area contributed by atoms with E-state index < -0.39 is 11.9 Å². The minimum absolute atomic E-state index is 0.141. The smallest absolute Gasteiger partial charge is 0.308 e. The minimum Gasteiger partial charge on any atom is -0.494 e. The lowest BCUT2D eigenvalue weighted by molar-refractivity contribution is -0.141. The predicted molar refractivity (Wildman–Crippen MR) is 80.6 cm³/mol. The molecule has 1 rings (SSSR count). The number of carboxylic acids is 1. The van der Waals surface area contributed by atoms with Crippen LogP contribution in [0.3, 0.4) is 0 Å². The molecule has 1 amide bonds. The summed E-state index contributed by atoms with van der Waals surface area (Å²) in [5, 5.41) is 11.7. The molecule has 0 spiro atoms. The van der Waals surface area contributed by atoms with E-state index in [0.29, 0.717) is 24.3 Å². The molecule has 0 fully saturated rings. The van der Waals surface area contributed by atoms with Crippen molar-refractivity contribution in [2.75, 3.05) is 13.2 Å². The lowest BCUT2D eigenvalue weighted by Gasteiger charge is -2.13. The quantitative estimate of drug-likeness (QED) is 0.734. The summed E-state index contributed by atoms with van der Waals surface area (Å²) in [4.78, 5) is 23.1. The van der Waals surface area contributed by atoms with Gasteiger partial charge in [-0.15, -0.1) is 0 Å². The summed E-state index contributed by atoms with van der Waals surface area (Å²) < 4.78 is 5.47. The third-order valence-electron chi connectivity index (χ3n) is 3.06. The number of carbonyl (C=O) groups excluding carboxylic acids is 1. The van der Waals surface area contributed by atoms with Crippen molar-refractivity contribution in [3.05, 3.63) is 29.8 Å². The molecule has 1 aromatic carbocycles. The Balaban J connectivity index is 2.60.